The van der Waals surface area contributed by atoms with Crippen LogP contribution in [0.4, 0.5) is 0 Å². The zero-order valence-electron chi connectivity index (χ0n) is 8.08. The molecule has 1 rings (SSSR count). The Morgan fingerprint density at radius 1 is 1.33 bits per heavy atom. The van der Waals surface area contributed by atoms with Crippen LogP contribution in [0.3, 0.4) is 0 Å². The quantitative estimate of drug-likeness (QED) is 0.626. The van der Waals surface area contributed by atoms with E-state index in [0.29, 0.717) is 6.10 Å². The average molecular weight is 173 g/mol. The fraction of sp³-hybridized carbons (Fsp3) is 1.00. The van der Waals surface area contributed by atoms with Gasteiger partial charge in [-0.2, -0.15) is 0 Å². The SMILES string of the molecule is CC(C)OCCN1CCOCC1. The van der Waals surface area contributed by atoms with Crippen molar-refractivity contribution in [3.05, 3.63) is 0 Å². The Labute approximate surface area is 74.6 Å². The Morgan fingerprint density at radius 2 is 2.00 bits per heavy atom. The van der Waals surface area contributed by atoms with Gasteiger partial charge in [0, 0.05) is 19.6 Å². The number of morpholine rings is 1. The summed E-state index contributed by atoms with van der Waals surface area (Å²) in [5.41, 5.74) is 0. The summed E-state index contributed by atoms with van der Waals surface area (Å²) in [6.45, 7) is 9.89. The predicted molar refractivity (Wildman–Crippen MR) is 48.3 cm³/mol. The number of rotatable bonds is 4. The molecule has 0 atom stereocenters. The standard InChI is InChI=1S/C9H19NO2/c1-9(2)12-8-5-10-3-6-11-7-4-10/h9H,3-8H2,1-2H3. The highest BCUT2D eigenvalue weighted by Crippen LogP contribution is 1.96. The Bertz CT molecular complexity index is 111. The van der Waals surface area contributed by atoms with E-state index in [1.54, 1.807) is 0 Å². The van der Waals surface area contributed by atoms with Crippen LogP contribution < -0.4 is 0 Å². The molecule has 0 amide bonds. The van der Waals surface area contributed by atoms with Gasteiger partial charge >= 0.3 is 0 Å². The van der Waals surface area contributed by atoms with Crippen molar-refractivity contribution in [3.8, 4) is 0 Å². The summed E-state index contributed by atoms with van der Waals surface area (Å²) in [5, 5.41) is 0. The molecular formula is C9H19NO2. The number of nitrogens with zero attached hydrogens (tertiary/aromatic N) is 1. The zero-order valence-corrected chi connectivity index (χ0v) is 8.08. The number of hydrogen-bond donors (Lipinski definition) is 0. The van der Waals surface area contributed by atoms with Crippen molar-refractivity contribution in [2.24, 2.45) is 0 Å². The van der Waals surface area contributed by atoms with Gasteiger partial charge in [0.1, 0.15) is 0 Å². The Kier molecular flexibility index (Phi) is 4.58. The van der Waals surface area contributed by atoms with Gasteiger partial charge in [-0.25, -0.2) is 0 Å². The Hall–Kier alpha value is -0.120. The summed E-state index contributed by atoms with van der Waals surface area (Å²) in [4.78, 5) is 2.38. The summed E-state index contributed by atoms with van der Waals surface area (Å²) in [6.07, 6.45) is 0.353. The first kappa shape index (κ1) is 9.96. The van der Waals surface area contributed by atoms with Gasteiger partial charge in [-0.3, -0.25) is 4.90 Å². The molecular weight excluding hydrogens is 154 g/mol. The second kappa shape index (κ2) is 5.51. The van der Waals surface area contributed by atoms with Crippen LogP contribution in [0, 0.1) is 0 Å². The molecule has 1 aliphatic heterocycles. The molecule has 12 heavy (non-hydrogen) atoms. The molecule has 0 bridgehead atoms. The van der Waals surface area contributed by atoms with Crippen LogP contribution in [0.15, 0.2) is 0 Å². The van der Waals surface area contributed by atoms with Gasteiger partial charge in [-0.05, 0) is 13.8 Å². The molecule has 1 aliphatic rings. The van der Waals surface area contributed by atoms with Crippen molar-refractivity contribution in [3.63, 3.8) is 0 Å². The second-order valence-corrected chi connectivity index (χ2v) is 3.37. The molecule has 3 heteroatoms. The van der Waals surface area contributed by atoms with E-state index in [4.69, 9.17) is 9.47 Å². The third-order valence-electron chi connectivity index (χ3n) is 1.96. The highest BCUT2D eigenvalue weighted by Gasteiger charge is 2.09. The van der Waals surface area contributed by atoms with E-state index in [1.165, 1.54) is 0 Å². The predicted octanol–water partition coefficient (Wildman–Crippen LogP) is 0.744. The molecule has 1 saturated heterocycles. The normalized spacial score (nSPS) is 20.2. The Morgan fingerprint density at radius 3 is 2.58 bits per heavy atom. The molecule has 0 saturated carbocycles. The van der Waals surface area contributed by atoms with Crippen LogP contribution in [0.1, 0.15) is 13.8 Å². The maximum atomic E-state index is 5.46. The third-order valence-corrected chi connectivity index (χ3v) is 1.96. The highest BCUT2D eigenvalue weighted by molar-refractivity contribution is 4.60. The minimum atomic E-state index is 0.353. The smallest absolute Gasteiger partial charge is 0.0596 e. The first-order valence-electron chi connectivity index (χ1n) is 4.71. The highest BCUT2D eigenvalue weighted by atomic mass is 16.5. The van der Waals surface area contributed by atoms with Crippen molar-refractivity contribution in [1.29, 1.82) is 0 Å². The van der Waals surface area contributed by atoms with Crippen LogP contribution >= 0.6 is 0 Å². The molecule has 0 radical (unpaired) electrons. The van der Waals surface area contributed by atoms with Crippen molar-refractivity contribution in [2.75, 3.05) is 39.5 Å². The van der Waals surface area contributed by atoms with Gasteiger partial charge < -0.3 is 9.47 Å². The lowest BCUT2D eigenvalue weighted by Gasteiger charge is -2.26. The maximum Gasteiger partial charge on any atom is 0.0596 e. The molecule has 72 valence electrons. The lowest BCUT2D eigenvalue weighted by atomic mass is 10.4. The first-order chi connectivity index (χ1) is 5.79. The van der Waals surface area contributed by atoms with E-state index in [0.717, 1.165) is 39.5 Å². The first-order valence-corrected chi connectivity index (χ1v) is 4.71. The molecule has 0 aliphatic carbocycles. The van der Waals surface area contributed by atoms with Crippen LogP contribution in [0.25, 0.3) is 0 Å². The number of ether oxygens (including phenoxy) is 2. The summed E-state index contributed by atoms with van der Waals surface area (Å²) >= 11 is 0. The van der Waals surface area contributed by atoms with Gasteiger partial charge in [0.15, 0.2) is 0 Å². The van der Waals surface area contributed by atoms with Crippen molar-refractivity contribution in [2.45, 2.75) is 20.0 Å². The van der Waals surface area contributed by atoms with Gasteiger partial charge in [0.25, 0.3) is 0 Å². The molecule has 1 heterocycles. The summed E-state index contributed by atoms with van der Waals surface area (Å²) in [6, 6.07) is 0. The molecule has 0 spiro atoms. The fourth-order valence-electron chi connectivity index (χ4n) is 1.24. The lowest BCUT2D eigenvalue weighted by Crippen LogP contribution is -2.38. The van der Waals surface area contributed by atoms with Crippen LogP contribution in [0.2, 0.25) is 0 Å². The summed E-state index contributed by atoms with van der Waals surface area (Å²) in [5.74, 6) is 0. The maximum absolute atomic E-state index is 5.46. The molecule has 3 nitrogen and oxygen atoms in total. The molecule has 0 aromatic rings. The van der Waals surface area contributed by atoms with Gasteiger partial charge in [-0.15, -0.1) is 0 Å². The van der Waals surface area contributed by atoms with E-state index in [-0.39, 0.29) is 0 Å². The fourth-order valence-corrected chi connectivity index (χ4v) is 1.24. The lowest BCUT2D eigenvalue weighted by molar-refractivity contribution is 0.00965. The van der Waals surface area contributed by atoms with Crippen molar-refractivity contribution < 1.29 is 9.47 Å². The van der Waals surface area contributed by atoms with E-state index in [1.807, 2.05) is 0 Å². The largest absolute Gasteiger partial charge is 0.379 e. The summed E-state index contributed by atoms with van der Waals surface area (Å²) < 4.78 is 10.7. The third kappa shape index (κ3) is 4.04. The molecule has 0 aromatic carbocycles. The van der Waals surface area contributed by atoms with Gasteiger partial charge in [-0.1, -0.05) is 0 Å². The Balaban J connectivity index is 1.98. The molecule has 0 aromatic heterocycles. The minimum absolute atomic E-state index is 0.353. The van der Waals surface area contributed by atoms with E-state index in [2.05, 4.69) is 18.7 Å². The molecule has 0 unspecified atom stereocenters. The topological polar surface area (TPSA) is 21.7 Å². The monoisotopic (exact) mass is 173 g/mol. The van der Waals surface area contributed by atoms with Crippen LogP contribution in [0.5, 0.6) is 0 Å². The van der Waals surface area contributed by atoms with E-state index >= 15 is 0 Å². The minimum Gasteiger partial charge on any atom is -0.379 e. The molecule has 0 N–H and O–H groups in total. The average Bonchev–Trinajstić information content (AvgIpc) is 2.05. The second-order valence-electron chi connectivity index (χ2n) is 3.37. The van der Waals surface area contributed by atoms with E-state index in [9.17, 15) is 0 Å². The summed E-state index contributed by atoms with van der Waals surface area (Å²) in [7, 11) is 0. The van der Waals surface area contributed by atoms with Gasteiger partial charge in [0.05, 0.1) is 25.9 Å². The van der Waals surface area contributed by atoms with Gasteiger partial charge in [0.2, 0.25) is 0 Å². The zero-order chi connectivity index (χ0) is 8.81. The van der Waals surface area contributed by atoms with Crippen LogP contribution in [-0.4, -0.2) is 50.5 Å². The van der Waals surface area contributed by atoms with Crippen molar-refractivity contribution in [1.82, 2.24) is 4.90 Å². The van der Waals surface area contributed by atoms with Crippen LogP contribution in [-0.2, 0) is 9.47 Å². The van der Waals surface area contributed by atoms with Crippen molar-refractivity contribution >= 4 is 0 Å². The molecule has 1 fully saturated rings. The van der Waals surface area contributed by atoms with E-state index < -0.39 is 0 Å². The number of hydrogen-bond acceptors (Lipinski definition) is 3.